The van der Waals surface area contributed by atoms with Crippen molar-refractivity contribution in [2.45, 2.75) is 38.5 Å². The molecule has 3 heteroatoms. The zero-order chi connectivity index (χ0) is 11.9. The zero-order valence-corrected chi connectivity index (χ0v) is 11.1. The van der Waals surface area contributed by atoms with E-state index in [0.717, 1.165) is 40.4 Å². The van der Waals surface area contributed by atoms with Crippen LogP contribution >= 0.6 is 15.9 Å². The molecule has 1 aliphatic carbocycles. The van der Waals surface area contributed by atoms with Crippen LogP contribution in [-0.4, -0.2) is 11.1 Å². The number of aliphatic carboxylic acids is 1. The first kappa shape index (κ1) is 11.6. The molecule has 0 radical (unpaired) electrons. The SMILES string of the molecule is Cc1cc(C)c(C2(C(=O)O)CCC2)cc1Br. The number of rotatable bonds is 2. The van der Waals surface area contributed by atoms with E-state index < -0.39 is 11.4 Å². The molecule has 1 aromatic carbocycles. The Morgan fingerprint density at radius 1 is 1.31 bits per heavy atom. The lowest BCUT2D eigenvalue weighted by Gasteiger charge is -2.39. The molecule has 1 aliphatic rings. The quantitative estimate of drug-likeness (QED) is 0.900. The number of hydrogen-bond donors (Lipinski definition) is 1. The minimum absolute atomic E-state index is 0.625. The summed E-state index contributed by atoms with van der Waals surface area (Å²) in [7, 11) is 0. The third kappa shape index (κ3) is 1.58. The largest absolute Gasteiger partial charge is 0.481 e. The van der Waals surface area contributed by atoms with Crippen molar-refractivity contribution in [3.8, 4) is 0 Å². The Labute approximate surface area is 104 Å². The van der Waals surface area contributed by atoms with Crippen molar-refractivity contribution in [1.29, 1.82) is 0 Å². The average Bonchev–Trinajstić information content (AvgIpc) is 2.11. The molecule has 1 N–H and O–H groups in total. The van der Waals surface area contributed by atoms with Crippen LogP contribution in [0.1, 0.15) is 36.0 Å². The first-order valence-electron chi connectivity index (χ1n) is 5.48. The molecule has 0 amide bonds. The second kappa shape index (κ2) is 3.88. The second-order valence-corrected chi connectivity index (χ2v) is 5.51. The van der Waals surface area contributed by atoms with Crippen LogP contribution in [0, 0.1) is 13.8 Å². The molecule has 0 aliphatic heterocycles. The predicted molar refractivity (Wildman–Crippen MR) is 66.8 cm³/mol. The Kier molecular flexibility index (Phi) is 2.82. The second-order valence-electron chi connectivity index (χ2n) is 4.66. The van der Waals surface area contributed by atoms with Crippen LogP contribution in [0.5, 0.6) is 0 Å². The van der Waals surface area contributed by atoms with Crippen molar-refractivity contribution in [3.63, 3.8) is 0 Å². The van der Waals surface area contributed by atoms with Gasteiger partial charge in [0.25, 0.3) is 0 Å². The maximum Gasteiger partial charge on any atom is 0.314 e. The van der Waals surface area contributed by atoms with Gasteiger partial charge in [-0.2, -0.15) is 0 Å². The summed E-state index contributed by atoms with van der Waals surface area (Å²) >= 11 is 3.48. The summed E-state index contributed by atoms with van der Waals surface area (Å²) in [4.78, 5) is 11.4. The van der Waals surface area contributed by atoms with Crippen molar-refractivity contribution in [1.82, 2.24) is 0 Å². The lowest BCUT2D eigenvalue weighted by atomic mass is 9.63. The van der Waals surface area contributed by atoms with Gasteiger partial charge in [-0.3, -0.25) is 4.79 Å². The highest BCUT2D eigenvalue weighted by Crippen LogP contribution is 2.46. The van der Waals surface area contributed by atoms with E-state index in [9.17, 15) is 9.90 Å². The number of halogens is 1. The van der Waals surface area contributed by atoms with Crippen molar-refractivity contribution in [3.05, 3.63) is 33.3 Å². The summed E-state index contributed by atoms with van der Waals surface area (Å²) in [5, 5.41) is 9.41. The van der Waals surface area contributed by atoms with Gasteiger partial charge < -0.3 is 5.11 Å². The molecule has 1 fully saturated rings. The summed E-state index contributed by atoms with van der Waals surface area (Å²) in [6.45, 7) is 4.02. The highest BCUT2D eigenvalue weighted by Gasteiger charge is 2.46. The van der Waals surface area contributed by atoms with Gasteiger partial charge in [0.2, 0.25) is 0 Å². The fourth-order valence-electron chi connectivity index (χ4n) is 2.47. The van der Waals surface area contributed by atoms with Gasteiger partial charge in [-0.05, 0) is 49.4 Å². The Balaban J connectivity index is 2.55. The smallest absolute Gasteiger partial charge is 0.314 e. The standard InChI is InChI=1S/C13H15BrO2/c1-8-6-9(2)11(14)7-10(8)13(12(15)16)4-3-5-13/h6-7H,3-5H2,1-2H3,(H,15,16). The molecule has 1 aromatic rings. The average molecular weight is 283 g/mol. The summed E-state index contributed by atoms with van der Waals surface area (Å²) < 4.78 is 1.00. The van der Waals surface area contributed by atoms with Gasteiger partial charge in [0.15, 0.2) is 0 Å². The minimum atomic E-state index is -0.683. The van der Waals surface area contributed by atoms with Crippen LogP contribution < -0.4 is 0 Å². The topological polar surface area (TPSA) is 37.3 Å². The minimum Gasteiger partial charge on any atom is -0.481 e. The van der Waals surface area contributed by atoms with Gasteiger partial charge in [0, 0.05) is 4.47 Å². The number of carboxylic acids is 1. The van der Waals surface area contributed by atoms with Crippen LogP contribution in [0.3, 0.4) is 0 Å². The Morgan fingerprint density at radius 3 is 2.38 bits per heavy atom. The fourth-order valence-corrected chi connectivity index (χ4v) is 2.81. The number of carboxylic acid groups (broad SMARTS) is 1. The molecule has 86 valence electrons. The van der Waals surface area contributed by atoms with Crippen molar-refractivity contribution in [2.24, 2.45) is 0 Å². The molecule has 0 aromatic heterocycles. The maximum absolute atomic E-state index is 11.4. The molecule has 0 heterocycles. The van der Waals surface area contributed by atoms with Crippen molar-refractivity contribution >= 4 is 21.9 Å². The Morgan fingerprint density at radius 2 is 1.94 bits per heavy atom. The van der Waals surface area contributed by atoms with E-state index in [1.807, 2.05) is 19.9 Å². The number of hydrogen-bond acceptors (Lipinski definition) is 1. The molecular weight excluding hydrogens is 268 g/mol. The number of aryl methyl sites for hydroxylation is 2. The van der Waals surface area contributed by atoms with E-state index >= 15 is 0 Å². The van der Waals surface area contributed by atoms with E-state index in [0.29, 0.717) is 0 Å². The molecule has 0 saturated heterocycles. The maximum atomic E-state index is 11.4. The third-order valence-corrected chi connectivity index (χ3v) is 4.49. The summed E-state index contributed by atoms with van der Waals surface area (Å²) in [5.41, 5.74) is 2.59. The molecule has 1 saturated carbocycles. The van der Waals surface area contributed by atoms with E-state index in [1.165, 1.54) is 0 Å². The molecule has 0 spiro atoms. The molecule has 2 nitrogen and oxygen atoms in total. The van der Waals surface area contributed by atoms with Crippen molar-refractivity contribution in [2.75, 3.05) is 0 Å². The number of benzene rings is 1. The van der Waals surface area contributed by atoms with E-state index in [2.05, 4.69) is 22.0 Å². The van der Waals surface area contributed by atoms with Crippen LogP contribution in [-0.2, 0) is 10.2 Å². The van der Waals surface area contributed by atoms with Gasteiger partial charge in [0.1, 0.15) is 0 Å². The molecule has 2 rings (SSSR count). The van der Waals surface area contributed by atoms with Gasteiger partial charge >= 0.3 is 5.97 Å². The fraction of sp³-hybridized carbons (Fsp3) is 0.462. The van der Waals surface area contributed by atoms with Gasteiger partial charge in [-0.1, -0.05) is 28.4 Å². The van der Waals surface area contributed by atoms with Crippen molar-refractivity contribution < 1.29 is 9.90 Å². The van der Waals surface area contributed by atoms with Gasteiger partial charge in [-0.15, -0.1) is 0 Å². The predicted octanol–water partition coefficient (Wildman–Crippen LogP) is 3.57. The lowest BCUT2D eigenvalue weighted by molar-refractivity contribution is -0.147. The number of carbonyl (C=O) groups is 1. The molecule has 16 heavy (non-hydrogen) atoms. The summed E-state index contributed by atoms with van der Waals surface area (Å²) in [6.07, 6.45) is 2.54. The molecule has 0 unspecified atom stereocenters. The van der Waals surface area contributed by atoms with E-state index in [4.69, 9.17) is 0 Å². The Hall–Kier alpha value is -0.830. The van der Waals surface area contributed by atoms with Crippen LogP contribution in [0.2, 0.25) is 0 Å². The van der Waals surface area contributed by atoms with Crippen LogP contribution in [0.4, 0.5) is 0 Å². The van der Waals surface area contributed by atoms with E-state index in [1.54, 1.807) is 0 Å². The highest BCUT2D eigenvalue weighted by atomic mass is 79.9. The molecule has 0 atom stereocenters. The van der Waals surface area contributed by atoms with Crippen LogP contribution in [0.25, 0.3) is 0 Å². The normalized spacial score (nSPS) is 17.9. The first-order chi connectivity index (χ1) is 7.47. The Bertz CT molecular complexity index is 447. The van der Waals surface area contributed by atoms with Gasteiger partial charge in [-0.25, -0.2) is 0 Å². The summed E-state index contributed by atoms with van der Waals surface area (Å²) in [6, 6.07) is 4.04. The molecular formula is C13H15BrO2. The van der Waals surface area contributed by atoms with Crippen LogP contribution in [0.15, 0.2) is 16.6 Å². The third-order valence-electron chi connectivity index (χ3n) is 3.64. The van der Waals surface area contributed by atoms with E-state index in [-0.39, 0.29) is 0 Å². The highest BCUT2D eigenvalue weighted by molar-refractivity contribution is 9.10. The first-order valence-corrected chi connectivity index (χ1v) is 6.27. The summed E-state index contributed by atoms with van der Waals surface area (Å²) in [5.74, 6) is -0.683. The lowest BCUT2D eigenvalue weighted by Crippen LogP contribution is -2.42. The monoisotopic (exact) mass is 282 g/mol. The van der Waals surface area contributed by atoms with Gasteiger partial charge in [0.05, 0.1) is 5.41 Å². The zero-order valence-electron chi connectivity index (χ0n) is 9.51. The molecule has 0 bridgehead atoms.